The molecule has 6 aromatic rings. The van der Waals surface area contributed by atoms with E-state index in [4.69, 9.17) is 24.0 Å². The third-order valence-corrected chi connectivity index (χ3v) is 8.72. The van der Waals surface area contributed by atoms with Crippen LogP contribution in [0.15, 0.2) is 140 Å². The first-order valence-corrected chi connectivity index (χ1v) is 20.2. The van der Waals surface area contributed by atoms with Gasteiger partial charge < -0.3 is 24.0 Å². The first-order valence-electron chi connectivity index (χ1n) is 12.9. The summed E-state index contributed by atoms with van der Waals surface area (Å²) in [6, 6.07) is 50.8. The number of hydrogen-bond donors (Lipinski definition) is 0. The molecule has 0 unspecified atom stereocenters. The van der Waals surface area contributed by atoms with Gasteiger partial charge in [0, 0.05) is 0 Å². The molecule has 5 nitrogen and oxygen atoms in total. The Morgan fingerprint density at radius 2 is 0.778 bits per heavy atom. The quantitative estimate of drug-likeness (QED) is 0.174. The molecule has 0 aliphatic heterocycles. The molecular weight excluding hydrogens is 821 g/mol. The molecule has 8 heteroatoms. The van der Waals surface area contributed by atoms with Crippen molar-refractivity contribution >= 4 is 92.8 Å². The molecule has 6 aromatic carbocycles. The van der Waals surface area contributed by atoms with Gasteiger partial charge in [-0.3, -0.25) is 0 Å². The zero-order valence-electron chi connectivity index (χ0n) is 24.6. The Morgan fingerprint density at radius 1 is 0.400 bits per heavy atom. The van der Waals surface area contributed by atoms with Gasteiger partial charge >= 0.3 is 30.6 Å². The van der Waals surface area contributed by atoms with Gasteiger partial charge in [0.05, 0.1) is 0 Å². The van der Waals surface area contributed by atoms with Gasteiger partial charge in [0.15, 0.2) is 0 Å². The molecule has 230 valence electrons. The number of benzene rings is 6. The minimum atomic E-state index is -0.719. The average Bonchev–Trinajstić information content (AvgIpc) is 3.17. The second kappa shape index (κ2) is 25.1. The van der Waals surface area contributed by atoms with Gasteiger partial charge in [0.1, 0.15) is 33.9 Å². The smallest absolute Gasteiger partial charge is 0.00155 e. The van der Waals surface area contributed by atoms with Crippen molar-refractivity contribution in [2.45, 2.75) is 0 Å². The molecule has 0 N–H and O–H groups in total. The number of carbonyl (C=O) groups is 5. The molecule has 45 heavy (non-hydrogen) atoms. The maximum absolute atomic E-state index is 8.00. The Kier molecular flexibility index (Phi) is 22.8. The molecule has 6 rings (SSSR count). The van der Waals surface area contributed by atoms with E-state index in [9.17, 15) is 0 Å². The molecule has 0 fully saturated rings. The minimum absolute atomic E-state index is 0.719. The zero-order valence-corrected chi connectivity index (χ0v) is 29.8. The molecular formula is C37H33BrO5PRe. The molecule has 0 amide bonds. The molecule has 0 aliphatic carbocycles. The number of carbonyl (C=O) groups excluding carboxylic acids is 5. The second-order valence-corrected chi connectivity index (χ2v) is 10.4. The van der Waals surface area contributed by atoms with E-state index in [1.165, 1.54) is 65.8 Å². The first-order chi connectivity index (χ1) is 22.4. The zero-order chi connectivity index (χ0) is 34.0. The van der Waals surface area contributed by atoms with Crippen LogP contribution >= 0.6 is 21.4 Å². The molecule has 0 saturated heterocycles. The van der Waals surface area contributed by atoms with E-state index >= 15 is 0 Å². The minimum Gasteiger partial charge on any atom is -0.0622 e. The van der Waals surface area contributed by atoms with Gasteiger partial charge in [0.2, 0.25) is 0 Å². The molecule has 0 radical (unpaired) electrons. The van der Waals surface area contributed by atoms with Crippen LogP contribution in [0.5, 0.6) is 0 Å². The van der Waals surface area contributed by atoms with Crippen LogP contribution in [0, 0.1) is 0 Å². The average molecular weight is 855 g/mol. The van der Waals surface area contributed by atoms with E-state index in [0.29, 0.717) is 0 Å². The van der Waals surface area contributed by atoms with Crippen LogP contribution in [0.3, 0.4) is 0 Å². The van der Waals surface area contributed by atoms with E-state index < -0.39 is 7.92 Å². The van der Waals surface area contributed by atoms with Crippen LogP contribution in [0.25, 0.3) is 32.7 Å². The SMILES string of the molecule is C=O.C=O.C=O.C=O.C=O.[Br][Re].c1ccc(P(c2ccccc2)c2ccc3ccccc3c2-c2cccc3ccccc23)cc1. The summed E-state index contributed by atoms with van der Waals surface area (Å²) in [6.07, 6.45) is 0. The van der Waals surface area contributed by atoms with Gasteiger partial charge in [-0.25, -0.2) is 0 Å². The molecule has 0 heterocycles. The van der Waals surface area contributed by atoms with Crippen LogP contribution in [-0.4, -0.2) is 33.9 Å². The van der Waals surface area contributed by atoms with Gasteiger partial charge in [-0.2, -0.15) is 0 Å². The fourth-order valence-electron chi connectivity index (χ4n) is 4.75. The van der Waals surface area contributed by atoms with E-state index in [1.807, 2.05) is 33.9 Å². The predicted octanol–water partition coefficient (Wildman–Crippen LogP) is 7.34. The molecule has 0 spiro atoms. The molecule has 0 saturated carbocycles. The van der Waals surface area contributed by atoms with Crippen molar-refractivity contribution in [3.8, 4) is 11.1 Å². The fraction of sp³-hybridized carbons (Fsp3) is 0. The summed E-state index contributed by atoms with van der Waals surface area (Å²) in [7, 11) is -0.719. The third kappa shape index (κ3) is 10.7. The number of fused-ring (bicyclic) bond motifs is 2. The van der Waals surface area contributed by atoms with Crippen LogP contribution < -0.4 is 15.9 Å². The Morgan fingerprint density at radius 3 is 1.27 bits per heavy atom. The van der Waals surface area contributed by atoms with Crippen molar-refractivity contribution in [1.29, 1.82) is 0 Å². The van der Waals surface area contributed by atoms with Gasteiger partial charge in [-0.1, -0.05) is 140 Å². The maximum atomic E-state index is 8.00. The van der Waals surface area contributed by atoms with Crippen molar-refractivity contribution in [3.63, 3.8) is 0 Å². The largest absolute Gasteiger partial charge is 0.0622 e. The summed E-state index contributed by atoms with van der Waals surface area (Å²) < 4.78 is 0. The Bertz CT molecular complexity index is 1620. The van der Waals surface area contributed by atoms with E-state index in [0.717, 1.165) is 0 Å². The molecule has 0 aromatic heterocycles. The summed E-state index contributed by atoms with van der Waals surface area (Å²) in [5, 5.41) is 9.31. The number of halogens is 1. The Balaban J connectivity index is 0.00000145. The molecule has 0 atom stereocenters. The second-order valence-electron chi connectivity index (χ2n) is 8.21. The van der Waals surface area contributed by atoms with Gasteiger partial charge in [0.25, 0.3) is 0 Å². The predicted molar refractivity (Wildman–Crippen MR) is 190 cm³/mol. The van der Waals surface area contributed by atoms with Crippen molar-refractivity contribution in [2.24, 2.45) is 0 Å². The van der Waals surface area contributed by atoms with E-state index in [-0.39, 0.29) is 0 Å². The maximum Gasteiger partial charge on any atom is -0.00155 e. The fourth-order valence-corrected chi connectivity index (χ4v) is 7.24. The summed E-state index contributed by atoms with van der Waals surface area (Å²) >= 11 is 4.53. The summed E-state index contributed by atoms with van der Waals surface area (Å²) in [5.74, 6) is 0. The van der Waals surface area contributed by atoms with Crippen molar-refractivity contribution in [3.05, 3.63) is 140 Å². The molecule has 0 bridgehead atoms. The van der Waals surface area contributed by atoms with Crippen LogP contribution in [0.1, 0.15) is 0 Å². The number of hydrogen-bond acceptors (Lipinski definition) is 5. The Labute approximate surface area is 283 Å². The van der Waals surface area contributed by atoms with Crippen LogP contribution in [0.4, 0.5) is 0 Å². The molecule has 0 aliphatic rings. The first kappa shape index (κ1) is 40.8. The normalized spacial score (nSPS) is 8.87. The van der Waals surface area contributed by atoms with Gasteiger partial charge in [-0.05, 0) is 56.5 Å². The van der Waals surface area contributed by atoms with Crippen molar-refractivity contribution in [1.82, 2.24) is 0 Å². The van der Waals surface area contributed by atoms with Crippen molar-refractivity contribution in [2.75, 3.05) is 0 Å². The van der Waals surface area contributed by atoms with E-state index in [1.54, 1.807) is 0 Å². The van der Waals surface area contributed by atoms with E-state index in [2.05, 4.69) is 153 Å². The summed E-state index contributed by atoms with van der Waals surface area (Å²) in [6.45, 7) is 10.0. The monoisotopic (exact) mass is 854 g/mol. The summed E-state index contributed by atoms with van der Waals surface area (Å²) in [4.78, 5) is 40.0. The standard InChI is InChI=1S/C32H23P.5CH2O.BrH.Re/c1-3-15-26(16-4-1)33(27-17-5-2-6-18-27)31-23-22-25-13-8-10-20-29(25)32(31)30-21-11-14-24-12-7-9-19-28(24)30;5*1-2;;/h1-23H;5*1H2;1H;/q;;;;;;;+1/p-1. The van der Waals surface area contributed by atoms with Crippen LogP contribution in [0.2, 0.25) is 0 Å². The Hall–Kier alpha value is -4.24. The third-order valence-electron chi connectivity index (χ3n) is 6.24. The number of rotatable bonds is 4. The van der Waals surface area contributed by atoms with Gasteiger partial charge in [-0.15, -0.1) is 0 Å². The topological polar surface area (TPSA) is 85.3 Å². The van der Waals surface area contributed by atoms with Crippen molar-refractivity contribution < 1.29 is 41.2 Å². The van der Waals surface area contributed by atoms with Crippen LogP contribution in [-0.2, 0) is 41.2 Å². The summed E-state index contributed by atoms with van der Waals surface area (Å²) in [5.41, 5.74) is 2.66.